The molecule has 4 rings (SSSR count). The second-order valence-electron chi connectivity index (χ2n) is 9.31. The summed E-state index contributed by atoms with van der Waals surface area (Å²) in [6.07, 6.45) is 14.5. The molecule has 0 heterocycles. The monoisotopic (exact) mass is 332 g/mol. The smallest absolute Gasteiger partial charge is 0.167 e. The zero-order valence-corrected chi connectivity index (χ0v) is 16.1. The Kier molecular flexibility index (Phi) is 4.36. The van der Waals surface area contributed by atoms with Crippen LogP contribution in [0.4, 0.5) is 0 Å². The summed E-state index contributed by atoms with van der Waals surface area (Å²) < 4.78 is 11.6. The van der Waals surface area contributed by atoms with Gasteiger partial charge in [0.15, 0.2) is 5.79 Å². The van der Waals surface area contributed by atoms with Crippen molar-refractivity contribution < 1.29 is 9.47 Å². The molecular weight excluding hydrogens is 296 g/mol. The Hall–Kier alpha value is -0.340. The standard InChI is InChI=1S/C22H36O2/c1-5-16-7-9-20-19-8-6-15-14-22(23-3,24-4)13-11-17(15)18(19)10-12-21(16,20)2/h5,15,17-20H,6-14H2,1-4H3/b16-5-. The first-order valence-electron chi connectivity index (χ1n) is 10.3. The molecule has 0 spiro atoms. The lowest BCUT2D eigenvalue weighted by atomic mass is 9.50. The van der Waals surface area contributed by atoms with Gasteiger partial charge in [-0.05, 0) is 86.9 Å². The van der Waals surface area contributed by atoms with Crippen LogP contribution in [0.2, 0.25) is 0 Å². The maximum atomic E-state index is 5.80. The van der Waals surface area contributed by atoms with Crippen molar-refractivity contribution in [3.8, 4) is 0 Å². The van der Waals surface area contributed by atoms with Crippen LogP contribution < -0.4 is 0 Å². The van der Waals surface area contributed by atoms with Gasteiger partial charge in [0.2, 0.25) is 0 Å². The normalized spacial score (nSPS) is 48.7. The molecule has 2 nitrogen and oxygen atoms in total. The Labute approximate surface area is 148 Å². The van der Waals surface area contributed by atoms with Gasteiger partial charge in [-0.25, -0.2) is 0 Å². The molecule has 4 aliphatic carbocycles. The summed E-state index contributed by atoms with van der Waals surface area (Å²) in [4.78, 5) is 0. The average molecular weight is 333 g/mol. The number of hydrogen-bond donors (Lipinski definition) is 0. The van der Waals surface area contributed by atoms with E-state index in [0.29, 0.717) is 5.41 Å². The molecule has 4 fully saturated rings. The molecule has 0 N–H and O–H groups in total. The first-order valence-corrected chi connectivity index (χ1v) is 10.3. The van der Waals surface area contributed by atoms with Gasteiger partial charge in [0.25, 0.3) is 0 Å². The van der Waals surface area contributed by atoms with Gasteiger partial charge < -0.3 is 9.47 Å². The summed E-state index contributed by atoms with van der Waals surface area (Å²) in [6, 6.07) is 0. The fourth-order valence-corrected chi connectivity index (χ4v) is 7.60. The van der Waals surface area contributed by atoms with Crippen molar-refractivity contribution in [2.24, 2.45) is 35.0 Å². The summed E-state index contributed by atoms with van der Waals surface area (Å²) in [7, 11) is 3.66. The van der Waals surface area contributed by atoms with Crippen LogP contribution in [0.25, 0.3) is 0 Å². The van der Waals surface area contributed by atoms with Crippen LogP contribution in [0.5, 0.6) is 0 Å². The van der Waals surface area contributed by atoms with Crippen LogP contribution in [0.15, 0.2) is 11.6 Å². The Balaban J connectivity index is 1.54. The number of fused-ring (bicyclic) bond motifs is 5. The maximum Gasteiger partial charge on any atom is 0.167 e. The summed E-state index contributed by atoms with van der Waals surface area (Å²) in [6.45, 7) is 4.85. The van der Waals surface area contributed by atoms with Gasteiger partial charge >= 0.3 is 0 Å². The van der Waals surface area contributed by atoms with E-state index in [1.54, 1.807) is 5.57 Å². The van der Waals surface area contributed by atoms with Gasteiger partial charge in [-0.2, -0.15) is 0 Å². The molecule has 0 aliphatic heterocycles. The minimum Gasteiger partial charge on any atom is -0.353 e. The SMILES string of the molecule is C/C=C1/CCC2C3CCC4CC(OC)(OC)CCC4C3CCC12C. The second-order valence-corrected chi connectivity index (χ2v) is 9.31. The average Bonchev–Trinajstić information content (AvgIpc) is 2.97. The second kappa shape index (κ2) is 6.13. The minimum atomic E-state index is -0.289. The summed E-state index contributed by atoms with van der Waals surface area (Å²) in [5.74, 6) is 4.39. The first kappa shape index (κ1) is 17.1. The highest BCUT2D eigenvalue weighted by Gasteiger charge is 2.56. The van der Waals surface area contributed by atoms with E-state index in [1.807, 2.05) is 14.2 Å². The topological polar surface area (TPSA) is 18.5 Å². The van der Waals surface area contributed by atoms with E-state index in [2.05, 4.69) is 19.9 Å². The van der Waals surface area contributed by atoms with Gasteiger partial charge in [0, 0.05) is 27.1 Å². The Morgan fingerprint density at radius 1 is 0.917 bits per heavy atom. The van der Waals surface area contributed by atoms with E-state index < -0.39 is 0 Å². The van der Waals surface area contributed by atoms with Crippen LogP contribution in [-0.4, -0.2) is 20.0 Å². The number of methoxy groups -OCH3 is 2. The molecule has 0 aromatic carbocycles. The Morgan fingerprint density at radius 2 is 1.67 bits per heavy atom. The zero-order chi connectivity index (χ0) is 16.9. The molecule has 0 aromatic rings. The van der Waals surface area contributed by atoms with Crippen molar-refractivity contribution in [1.82, 2.24) is 0 Å². The van der Waals surface area contributed by atoms with E-state index in [-0.39, 0.29) is 5.79 Å². The molecule has 0 saturated heterocycles. The van der Waals surface area contributed by atoms with E-state index in [0.717, 1.165) is 42.4 Å². The molecular formula is C22H36O2. The van der Waals surface area contributed by atoms with E-state index >= 15 is 0 Å². The van der Waals surface area contributed by atoms with Crippen LogP contribution in [0, 0.1) is 35.0 Å². The van der Waals surface area contributed by atoms with Gasteiger partial charge in [-0.1, -0.05) is 18.6 Å². The van der Waals surface area contributed by atoms with Crippen LogP contribution in [0.1, 0.15) is 71.6 Å². The van der Waals surface area contributed by atoms with Gasteiger partial charge in [-0.15, -0.1) is 0 Å². The predicted molar refractivity (Wildman–Crippen MR) is 97.6 cm³/mol. The number of ether oxygens (including phenoxy) is 2. The van der Waals surface area contributed by atoms with Crippen LogP contribution >= 0.6 is 0 Å². The fraction of sp³-hybridized carbons (Fsp3) is 0.909. The Bertz CT molecular complexity index is 506. The molecule has 0 amide bonds. The predicted octanol–water partition coefficient (Wildman–Crippen LogP) is 5.57. The molecule has 136 valence electrons. The van der Waals surface area contributed by atoms with Crippen molar-refractivity contribution >= 4 is 0 Å². The molecule has 2 heteroatoms. The number of rotatable bonds is 2. The molecule has 0 aromatic heterocycles. The lowest BCUT2D eigenvalue weighted by Gasteiger charge is -2.56. The largest absolute Gasteiger partial charge is 0.353 e. The van der Waals surface area contributed by atoms with E-state index in [9.17, 15) is 0 Å². The maximum absolute atomic E-state index is 5.80. The van der Waals surface area contributed by atoms with Crippen molar-refractivity contribution in [3.63, 3.8) is 0 Å². The van der Waals surface area contributed by atoms with Crippen LogP contribution in [-0.2, 0) is 9.47 Å². The number of allylic oxidation sites excluding steroid dienone is 2. The highest BCUT2D eigenvalue weighted by molar-refractivity contribution is 5.23. The molecule has 24 heavy (non-hydrogen) atoms. The van der Waals surface area contributed by atoms with Crippen molar-refractivity contribution in [3.05, 3.63) is 11.6 Å². The molecule has 6 unspecified atom stereocenters. The third-order valence-corrected chi connectivity index (χ3v) is 8.89. The van der Waals surface area contributed by atoms with E-state index in [1.165, 1.54) is 44.9 Å². The summed E-state index contributed by atoms with van der Waals surface area (Å²) >= 11 is 0. The first-order chi connectivity index (χ1) is 11.6. The summed E-state index contributed by atoms with van der Waals surface area (Å²) in [5.41, 5.74) is 2.30. The number of hydrogen-bond acceptors (Lipinski definition) is 2. The lowest BCUT2D eigenvalue weighted by molar-refractivity contribution is -0.246. The van der Waals surface area contributed by atoms with Crippen LogP contribution in [0.3, 0.4) is 0 Å². The Morgan fingerprint density at radius 3 is 2.38 bits per heavy atom. The van der Waals surface area contributed by atoms with E-state index in [4.69, 9.17) is 9.47 Å². The molecule has 0 radical (unpaired) electrons. The van der Waals surface area contributed by atoms with Crippen molar-refractivity contribution in [1.29, 1.82) is 0 Å². The van der Waals surface area contributed by atoms with Gasteiger partial charge in [0.1, 0.15) is 0 Å². The van der Waals surface area contributed by atoms with Gasteiger partial charge in [-0.3, -0.25) is 0 Å². The van der Waals surface area contributed by atoms with Crippen molar-refractivity contribution in [2.45, 2.75) is 77.4 Å². The third-order valence-electron chi connectivity index (χ3n) is 8.89. The highest BCUT2D eigenvalue weighted by Crippen LogP contribution is 2.64. The lowest BCUT2D eigenvalue weighted by Crippen LogP contribution is -2.51. The molecule has 4 saturated carbocycles. The van der Waals surface area contributed by atoms with Crippen molar-refractivity contribution in [2.75, 3.05) is 14.2 Å². The minimum absolute atomic E-state index is 0.289. The third kappa shape index (κ3) is 2.35. The quantitative estimate of drug-likeness (QED) is 0.486. The molecule has 0 bridgehead atoms. The highest BCUT2D eigenvalue weighted by atomic mass is 16.7. The zero-order valence-electron chi connectivity index (χ0n) is 16.1. The molecule has 6 atom stereocenters. The summed E-state index contributed by atoms with van der Waals surface area (Å²) in [5, 5.41) is 0. The molecule has 4 aliphatic rings. The van der Waals surface area contributed by atoms with Gasteiger partial charge in [0.05, 0.1) is 0 Å². The fourth-order valence-electron chi connectivity index (χ4n) is 7.60.